The molecule has 0 aliphatic carbocycles. The summed E-state index contributed by atoms with van der Waals surface area (Å²) in [5, 5.41) is 9.54. The average molecular weight is 631 g/mol. The van der Waals surface area contributed by atoms with E-state index < -0.39 is 9.84 Å². The largest absolute Gasteiger partial charge is 0.395 e. The van der Waals surface area contributed by atoms with E-state index in [4.69, 9.17) is 0 Å². The first-order chi connectivity index (χ1) is 11.7. The maximum atomic E-state index is 12.0. The van der Waals surface area contributed by atoms with E-state index in [-0.39, 0.29) is 23.5 Å². The van der Waals surface area contributed by atoms with Crippen molar-refractivity contribution in [1.29, 1.82) is 0 Å². The molecule has 0 aromatic carbocycles. The Morgan fingerprint density at radius 1 is 1.35 bits per heavy atom. The average Bonchev–Trinajstić information content (AvgIpc) is 2.79. The molecule has 2 heterocycles. The fourth-order valence-electron chi connectivity index (χ4n) is 3.96. The number of hydrogen-bond acceptors (Lipinski definition) is 6. The Bertz CT molecular complexity index is 697. The number of aliphatic hydroxyl groups is 1. The molecular formula is C18H30LrN3O3S-. The van der Waals surface area contributed by atoms with E-state index in [2.05, 4.69) is 37.7 Å². The van der Waals surface area contributed by atoms with Gasteiger partial charge in [-0.25, -0.2) is 18.4 Å². The van der Waals surface area contributed by atoms with E-state index in [0.29, 0.717) is 36.1 Å². The van der Waals surface area contributed by atoms with Crippen molar-refractivity contribution in [1.82, 2.24) is 9.97 Å². The molecule has 0 fully saturated rings. The number of sulfone groups is 1. The van der Waals surface area contributed by atoms with Crippen LogP contribution in [0.5, 0.6) is 0 Å². The molecule has 2 rings (SSSR count). The van der Waals surface area contributed by atoms with E-state index in [9.17, 15) is 13.5 Å². The zero-order valence-electron chi connectivity index (χ0n) is 15.8. The van der Waals surface area contributed by atoms with E-state index in [1.165, 1.54) is 6.33 Å². The monoisotopic (exact) mass is 630 g/mol. The molecule has 1 aromatic rings. The van der Waals surface area contributed by atoms with Crippen LogP contribution in [-0.4, -0.2) is 43.2 Å². The van der Waals surface area contributed by atoms with Crippen LogP contribution in [-0.2, 0) is 21.3 Å². The summed E-state index contributed by atoms with van der Waals surface area (Å²) in [7, 11) is -3.15. The molecule has 1 N–H and O–H groups in total. The van der Waals surface area contributed by atoms with Crippen LogP contribution in [0, 0.1) is 18.3 Å². The van der Waals surface area contributed by atoms with Crippen LogP contribution in [0.4, 0.5) is 5.82 Å². The number of aliphatic hydroxyl groups excluding tert-OH is 1. The molecule has 6 nitrogen and oxygen atoms in total. The van der Waals surface area contributed by atoms with Crippen LogP contribution in [0.3, 0.4) is 0 Å². The molecule has 1 aliphatic heterocycles. The first-order valence-corrected chi connectivity index (χ1v) is 10.7. The van der Waals surface area contributed by atoms with Crippen LogP contribution in [0.25, 0.3) is 0 Å². The molecule has 1 radical (unpaired) electrons. The van der Waals surface area contributed by atoms with Gasteiger partial charge in [-0.05, 0) is 17.8 Å². The molecule has 1 unspecified atom stereocenters. The predicted molar refractivity (Wildman–Crippen MR) is 99.8 cm³/mol. The number of rotatable bonds is 9. The third kappa shape index (κ3) is 5.14. The van der Waals surface area contributed by atoms with Crippen molar-refractivity contribution in [2.24, 2.45) is 11.3 Å². The molecule has 157 valence electrons. The molecule has 26 heavy (non-hydrogen) atoms. The zero-order chi connectivity index (χ0) is 18.7. The summed E-state index contributed by atoms with van der Waals surface area (Å²) >= 11 is 0. The van der Waals surface area contributed by atoms with E-state index in [0.717, 1.165) is 19.3 Å². The number of hydrogen-bond donors (Lipinski definition) is 1. The van der Waals surface area contributed by atoms with Gasteiger partial charge in [0.25, 0.3) is 0 Å². The number of aromatic nitrogens is 2. The van der Waals surface area contributed by atoms with Gasteiger partial charge in [0.2, 0.25) is 0 Å². The second-order valence-electron chi connectivity index (χ2n) is 7.81. The Balaban J connectivity index is 0.00000338. The molecule has 0 amide bonds. The van der Waals surface area contributed by atoms with Crippen LogP contribution in [0.2, 0.25) is 0 Å². The maximum absolute atomic E-state index is 12.0. The predicted octanol–water partition coefficient (Wildman–Crippen LogP) is 2.37. The van der Waals surface area contributed by atoms with Gasteiger partial charge in [0, 0.05) is 18.7 Å². The molecule has 0 spiro atoms. The number of anilines is 1. The third-order valence-electron chi connectivity index (χ3n) is 4.66. The van der Waals surface area contributed by atoms with Gasteiger partial charge in [-0.1, -0.05) is 27.2 Å². The summed E-state index contributed by atoms with van der Waals surface area (Å²) in [5.74, 6) is 1.16. The van der Waals surface area contributed by atoms with Crippen molar-refractivity contribution >= 4 is 15.7 Å². The quantitative estimate of drug-likeness (QED) is 0.423. The van der Waals surface area contributed by atoms with Crippen LogP contribution >= 0.6 is 0 Å². The van der Waals surface area contributed by atoms with Crippen LogP contribution < -0.4 is 4.90 Å². The van der Waals surface area contributed by atoms with Gasteiger partial charge >= 0.3 is 0 Å². The SMILES string of the molecule is [CH2-]CCC(C)(CC(C)C)CN(CCO)c1ncnc2c1CS(=O)(=O)C2.[Lr]. The van der Waals surface area contributed by atoms with E-state index in [1.54, 1.807) is 0 Å². The molecule has 1 aromatic heterocycles. The first-order valence-electron chi connectivity index (χ1n) is 8.88. The zero-order valence-corrected chi connectivity index (χ0v) is 18.8. The van der Waals surface area contributed by atoms with Gasteiger partial charge in [0.15, 0.2) is 9.84 Å². The Labute approximate surface area is 151 Å². The van der Waals surface area contributed by atoms with Crippen LogP contribution in [0.1, 0.15) is 51.3 Å². The van der Waals surface area contributed by atoms with Gasteiger partial charge in [-0.3, -0.25) is 0 Å². The fourth-order valence-corrected chi connectivity index (χ4v) is 5.46. The van der Waals surface area contributed by atoms with Crippen molar-refractivity contribution in [2.45, 2.75) is 51.5 Å². The molecule has 1 atom stereocenters. The van der Waals surface area contributed by atoms with Gasteiger partial charge < -0.3 is 16.9 Å². The molecular weight excluding hydrogens is 600 g/mol. The second-order valence-corrected chi connectivity index (χ2v) is 9.88. The second kappa shape index (κ2) is 8.45. The summed E-state index contributed by atoms with van der Waals surface area (Å²) in [5.41, 5.74) is 1.31. The minimum absolute atomic E-state index is 0. The van der Waals surface area contributed by atoms with Gasteiger partial charge in [-0.2, -0.15) is 6.42 Å². The normalized spacial score (nSPS) is 17.5. The summed E-state index contributed by atoms with van der Waals surface area (Å²) in [6.45, 7) is 11.8. The van der Waals surface area contributed by atoms with Gasteiger partial charge in [0.1, 0.15) is 12.1 Å². The fraction of sp³-hybridized carbons (Fsp3) is 0.722. The summed E-state index contributed by atoms with van der Waals surface area (Å²) in [6.07, 6.45) is 4.28. The third-order valence-corrected chi connectivity index (χ3v) is 6.10. The Hall–Kier alpha value is -2.21. The van der Waals surface area contributed by atoms with E-state index >= 15 is 0 Å². The van der Waals surface area contributed by atoms with Crippen molar-refractivity contribution < 1.29 is 13.5 Å². The number of nitrogens with zero attached hydrogens (tertiary/aromatic N) is 3. The molecule has 0 saturated carbocycles. The van der Waals surface area contributed by atoms with E-state index in [1.807, 2.05) is 4.90 Å². The van der Waals surface area contributed by atoms with Crippen molar-refractivity contribution in [3.63, 3.8) is 0 Å². The molecule has 0 bridgehead atoms. The van der Waals surface area contributed by atoms with Crippen LogP contribution in [0.15, 0.2) is 6.33 Å². The van der Waals surface area contributed by atoms with Crippen molar-refractivity contribution in [2.75, 3.05) is 24.6 Å². The standard InChI is InChI=1S/C18H30N3O3S.Lr/c1-5-6-18(4,9-14(2)3)12-21(7-8-22)17-15-10-25(23,24)11-16(15)19-13-20-17;/h13-14,22H,1,5-12H2,2-4H3;/q-1;. The van der Waals surface area contributed by atoms with Crippen molar-refractivity contribution in [3.05, 3.63) is 24.5 Å². The minimum atomic E-state index is -3.15. The van der Waals surface area contributed by atoms with Crippen molar-refractivity contribution in [3.8, 4) is 0 Å². The Morgan fingerprint density at radius 2 is 2.04 bits per heavy atom. The Kier molecular flexibility index (Phi) is 7.09. The van der Waals surface area contributed by atoms with Gasteiger partial charge in [0.05, 0.1) is 23.8 Å². The summed E-state index contributed by atoms with van der Waals surface area (Å²) in [4.78, 5) is 10.6. The maximum Gasteiger partial charge on any atom is 0.160 e. The summed E-state index contributed by atoms with van der Waals surface area (Å²) in [6, 6.07) is 0. The minimum Gasteiger partial charge on any atom is -0.395 e. The first kappa shape index (κ1) is 21.8. The Morgan fingerprint density at radius 3 is 2.62 bits per heavy atom. The number of fused-ring (bicyclic) bond motifs is 1. The molecule has 8 heteroatoms. The molecule has 0 saturated heterocycles. The smallest absolute Gasteiger partial charge is 0.160 e. The molecule has 1 aliphatic rings. The summed E-state index contributed by atoms with van der Waals surface area (Å²) < 4.78 is 24.0. The van der Waals surface area contributed by atoms with Gasteiger partial charge in [-0.15, -0.1) is 0 Å². The topological polar surface area (TPSA) is 83.4 Å².